The molecular weight excluding hydrogens is 290 g/mol. The molecule has 0 N–H and O–H groups in total. The molecule has 3 rings (SSSR count). The summed E-state index contributed by atoms with van der Waals surface area (Å²) in [5.41, 5.74) is 1.53. The number of imidazole rings is 1. The first-order valence-corrected chi connectivity index (χ1v) is 8.34. The Hall–Kier alpha value is -2.11. The van der Waals surface area contributed by atoms with Crippen LogP contribution in [0.5, 0.6) is 0 Å². The molecular formula is C17H25N5O. The Morgan fingerprint density at radius 2 is 2.04 bits per heavy atom. The van der Waals surface area contributed by atoms with Crippen molar-refractivity contribution in [2.75, 3.05) is 0 Å². The van der Waals surface area contributed by atoms with E-state index < -0.39 is 0 Å². The Morgan fingerprint density at radius 3 is 2.61 bits per heavy atom. The van der Waals surface area contributed by atoms with Crippen LogP contribution in [0.4, 0.5) is 0 Å². The summed E-state index contributed by atoms with van der Waals surface area (Å²) in [6.07, 6.45) is 9.49. The van der Waals surface area contributed by atoms with Gasteiger partial charge in [-0.1, -0.05) is 19.3 Å². The Labute approximate surface area is 137 Å². The summed E-state index contributed by atoms with van der Waals surface area (Å²) in [6, 6.07) is 2.16. The van der Waals surface area contributed by atoms with E-state index in [1.807, 2.05) is 42.7 Å². The maximum absolute atomic E-state index is 13.1. The van der Waals surface area contributed by atoms with E-state index in [0.29, 0.717) is 12.2 Å². The van der Waals surface area contributed by atoms with Gasteiger partial charge in [0.15, 0.2) is 5.69 Å². The molecule has 0 unspecified atom stereocenters. The molecule has 2 aromatic heterocycles. The average molecular weight is 315 g/mol. The second-order valence-corrected chi connectivity index (χ2v) is 6.47. The summed E-state index contributed by atoms with van der Waals surface area (Å²) in [7, 11) is 3.84. The average Bonchev–Trinajstić information content (AvgIpc) is 3.11. The standard InChI is InChI=1S/C17H25N5O/c1-13-11-15(19-21(13)3)17(23)22(14-7-5-4-6-8-14)12-16-18-9-10-20(16)2/h9-11,14H,4-8,12H2,1-3H3. The Bertz CT molecular complexity index is 661. The molecule has 2 heterocycles. The number of hydrogen-bond acceptors (Lipinski definition) is 3. The van der Waals surface area contributed by atoms with Gasteiger partial charge in [0.1, 0.15) is 5.82 Å². The molecule has 2 aromatic rings. The molecule has 1 aliphatic carbocycles. The predicted molar refractivity (Wildman–Crippen MR) is 87.9 cm³/mol. The SMILES string of the molecule is Cc1cc(C(=O)N(Cc2nccn2C)C2CCCCC2)nn1C. The van der Waals surface area contributed by atoms with Crippen LogP contribution in [0.15, 0.2) is 18.5 Å². The highest BCUT2D eigenvalue weighted by molar-refractivity contribution is 5.92. The zero-order valence-electron chi connectivity index (χ0n) is 14.2. The maximum Gasteiger partial charge on any atom is 0.275 e. The van der Waals surface area contributed by atoms with Crippen molar-refractivity contribution in [3.05, 3.63) is 35.7 Å². The number of aromatic nitrogens is 4. The monoisotopic (exact) mass is 315 g/mol. The second-order valence-electron chi connectivity index (χ2n) is 6.47. The van der Waals surface area contributed by atoms with Gasteiger partial charge in [0, 0.05) is 38.2 Å². The van der Waals surface area contributed by atoms with Gasteiger partial charge in [-0.15, -0.1) is 0 Å². The molecule has 23 heavy (non-hydrogen) atoms. The lowest BCUT2D eigenvalue weighted by atomic mass is 9.94. The molecule has 124 valence electrons. The van der Waals surface area contributed by atoms with E-state index in [1.165, 1.54) is 19.3 Å². The number of amides is 1. The lowest BCUT2D eigenvalue weighted by Crippen LogP contribution is -2.41. The Balaban J connectivity index is 1.87. The number of carbonyl (C=O) groups is 1. The normalized spacial score (nSPS) is 15.8. The van der Waals surface area contributed by atoms with Gasteiger partial charge in [-0.3, -0.25) is 9.48 Å². The first kappa shape index (κ1) is 15.8. The van der Waals surface area contributed by atoms with Crippen molar-refractivity contribution in [3.63, 3.8) is 0 Å². The van der Waals surface area contributed by atoms with E-state index in [0.717, 1.165) is 24.4 Å². The molecule has 1 aliphatic rings. The molecule has 0 spiro atoms. The van der Waals surface area contributed by atoms with Gasteiger partial charge in [-0.2, -0.15) is 5.10 Å². The molecule has 0 radical (unpaired) electrons. The second kappa shape index (κ2) is 6.56. The van der Waals surface area contributed by atoms with Crippen molar-refractivity contribution in [1.29, 1.82) is 0 Å². The van der Waals surface area contributed by atoms with Crippen molar-refractivity contribution in [1.82, 2.24) is 24.2 Å². The van der Waals surface area contributed by atoms with Crippen molar-refractivity contribution in [2.24, 2.45) is 14.1 Å². The molecule has 6 nitrogen and oxygen atoms in total. The van der Waals surface area contributed by atoms with E-state index in [2.05, 4.69) is 10.1 Å². The van der Waals surface area contributed by atoms with Crippen LogP contribution < -0.4 is 0 Å². The number of hydrogen-bond donors (Lipinski definition) is 0. The van der Waals surface area contributed by atoms with E-state index in [9.17, 15) is 4.79 Å². The van der Waals surface area contributed by atoms with Crippen LogP contribution in [0.25, 0.3) is 0 Å². The Kier molecular flexibility index (Phi) is 4.50. The summed E-state index contributed by atoms with van der Waals surface area (Å²) < 4.78 is 3.74. The van der Waals surface area contributed by atoms with E-state index in [4.69, 9.17) is 0 Å². The first-order valence-electron chi connectivity index (χ1n) is 8.34. The van der Waals surface area contributed by atoms with Gasteiger partial charge >= 0.3 is 0 Å². The quantitative estimate of drug-likeness (QED) is 0.871. The van der Waals surface area contributed by atoms with E-state index >= 15 is 0 Å². The Morgan fingerprint density at radius 1 is 1.30 bits per heavy atom. The molecule has 6 heteroatoms. The lowest BCUT2D eigenvalue weighted by molar-refractivity contribution is 0.0598. The number of rotatable bonds is 4. The summed E-state index contributed by atoms with van der Waals surface area (Å²) in [6.45, 7) is 2.51. The predicted octanol–water partition coefficient (Wildman–Crippen LogP) is 2.44. The first-order chi connectivity index (χ1) is 11.1. The number of carbonyl (C=O) groups excluding carboxylic acids is 1. The largest absolute Gasteiger partial charge is 0.337 e. The molecule has 0 atom stereocenters. The number of nitrogens with zero attached hydrogens (tertiary/aromatic N) is 5. The molecule has 1 fully saturated rings. The van der Waals surface area contributed by atoms with Crippen molar-refractivity contribution in [3.8, 4) is 0 Å². The third-order valence-corrected chi connectivity index (χ3v) is 4.84. The van der Waals surface area contributed by atoms with Crippen molar-refractivity contribution in [2.45, 2.75) is 51.6 Å². The molecule has 1 amide bonds. The topological polar surface area (TPSA) is 56.0 Å². The van der Waals surface area contributed by atoms with Crippen LogP contribution >= 0.6 is 0 Å². The molecule has 0 aliphatic heterocycles. The molecule has 0 bridgehead atoms. The van der Waals surface area contributed by atoms with Crippen LogP contribution in [-0.2, 0) is 20.6 Å². The fourth-order valence-electron chi connectivity index (χ4n) is 3.27. The third kappa shape index (κ3) is 3.30. The highest BCUT2D eigenvalue weighted by Gasteiger charge is 2.28. The minimum atomic E-state index is 0.0172. The minimum Gasteiger partial charge on any atom is -0.337 e. The molecule has 0 saturated heterocycles. The summed E-state index contributed by atoms with van der Waals surface area (Å²) in [5, 5.41) is 4.38. The molecule has 1 saturated carbocycles. The van der Waals surface area contributed by atoms with Crippen LogP contribution in [0.1, 0.15) is 54.1 Å². The fourth-order valence-corrected chi connectivity index (χ4v) is 3.27. The fraction of sp³-hybridized carbons (Fsp3) is 0.588. The van der Waals surface area contributed by atoms with Crippen molar-refractivity contribution < 1.29 is 4.79 Å². The smallest absolute Gasteiger partial charge is 0.275 e. The van der Waals surface area contributed by atoms with Gasteiger partial charge in [-0.05, 0) is 25.8 Å². The number of aryl methyl sites for hydroxylation is 3. The zero-order chi connectivity index (χ0) is 16.4. The summed E-state index contributed by atoms with van der Waals surface area (Å²) >= 11 is 0. The minimum absolute atomic E-state index is 0.0172. The van der Waals surface area contributed by atoms with Crippen molar-refractivity contribution >= 4 is 5.91 Å². The lowest BCUT2D eigenvalue weighted by Gasteiger charge is -2.33. The highest BCUT2D eigenvalue weighted by atomic mass is 16.2. The van der Waals surface area contributed by atoms with E-state index in [1.54, 1.807) is 10.9 Å². The summed E-state index contributed by atoms with van der Waals surface area (Å²) in [4.78, 5) is 19.4. The van der Waals surface area contributed by atoms with Crippen LogP contribution in [0, 0.1) is 6.92 Å². The van der Waals surface area contributed by atoms with Gasteiger partial charge in [0.05, 0.1) is 6.54 Å². The van der Waals surface area contributed by atoms with Crippen LogP contribution in [0.3, 0.4) is 0 Å². The van der Waals surface area contributed by atoms with Crippen LogP contribution in [0.2, 0.25) is 0 Å². The van der Waals surface area contributed by atoms with Gasteiger partial charge in [0.25, 0.3) is 5.91 Å². The van der Waals surface area contributed by atoms with Crippen LogP contribution in [-0.4, -0.2) is 36.2 Å². The highest BCUT2D eigenvalue weighted by Crippen LogP contribution is 2.25. The third-order valence-electron chi connectivity index (χ3n) is 4.84. The van der Waals surface area contributed by atoms with Gasteiger partial charge < -0.3 is 9.47 Å². The zero-order valence-corrected chi connectivity index (χ0v) is 14.2. The summed E-state index contributed by atoms with van der Waals surface area (Å²) in [5.74, 6) is 0.931. The maximum atomic E-state index is 13.1. The van der Waals surface area contributed by atoms with E-state index in [-0.39, 0.29) is 11.9 Å². The van der Waals surface area contributed by atoms with Gasteiger partial charge in [0.2, 0.25) is 0 Å². The van der Waals surface area contributed by atoms with Gasteiger partial charge in [-0.25, -0.2) is 4.98 Å². The molecule has 0 aromatic carbocycles.